The molecule has 0 saturated carbocycles. The van der Waals surface area contributed by atoms with Crippen LogP contribution in [0.25, 0.3) is 0 Å². The van der Waals surface area contributed by atoms with Crippen molar-refractivity contribution in [1.29, 1.82) is 0 Å². The molecule has 0 spiro atoms. The van der Waals surface area contributed by atoms with Crippen LogP contribution >= 0.6 is 0 Å². The molecule has 1 fully saturated rings. The summed E-state index contributed by atoms with van der Waals surface area (Å²) in [5, 5.41) is 28.8. The molecule has 112 valence electrons. The number of hydrogen-bond acceptors (Lipinski definition) is 5. The second-order valence-corrected chi connectivity index (χ2v) is 5.18. The molecule has 0 aromatic rings. The van der Waals surface area contributed by atoms with Gasteiger partial charge in [-0.05, 0) is 19.8 Å². The van der Waals surface area contributed by atoms with Gasteiger partial charge in [-0.3, -0.25) is 0 Å². The first kappa shape index (κ1) is 16.6. The van der Waals surface area contributed by atoms with Crippen molar-refractivity contribution in [2.75, 3.05) is 13.7 Å². The minimum atomic E-state index is -0.685. The molecular weight excluding hydrogens is 248 g/mol. The summed E-state index contributed by atoms with van der Waals surface area (Å²) in [6.45, 7) is 3.78. The number of aliphatic hydroxyl groups is 3. The van der Waals surface area contributed by atoms with Gasteiger partial charge in [-0.15, -0.1) is 0 Å². The van der Waals surface area contributed by atoms with Crippen LogP contribution in [0.5, 0.6) is 0 Å². The third-order valence-electron chi connectivity index (χ3n) is 3.72. The molecule has 3 N–H and O–H groups in total. The average Bonchev–Trinajstić information content (AvgIpc) is 3.04. The van der Waals surface area contributed by atoms with Crippen LogP contribution in [-0.4, -0.2) is 59.1 Å². The van der Waals surface area contributed by atoms with Crippen molar-refractivity contribution >= 4 is 0 Å². The Bertz CT molecular complexity index is 294. The van der Waals surface area contributed by atoms with Gasteiger partial charge in [0.2, 0.25) is 0 Å². The number of rotatable bonds is 9. The highest BCUT2D eigenvalue weighted by atomic mass is 16.6. The molecule has 5 nitrogen and oxygen atoms in total. The molecule has 1 aliphatic heterocycles. The van der Waals surface area contributed by atoms with Crippen LogP contribution in [0.4, 0.5) is 0 Å². The van der Waals surface area contributed by atoms with Gasteiger partial charge in [0.1, 0.15) is 17.8 Å². The molecule has 0 aliphatic carbocycles. The van der Waals surface area contributed by atoms with E-state index in [1.165, 1.54) is 0 Å². The molecule has 0 aromatic carbocycles. The Balaban J connectivity index is 2.55. The van der Waals surface area contributed by atoms with Crippen molar-refractivity contribution in [2.45, 2.75) is 63.1 Å². The maximum Gasteiger partial charge on any atom is 0.121 e. The number of methoxy groups -OCH3 is 1. The summed E-state index contributed by atoms with van der Waals surface area (Å²) < 4.78 is 10.9. The van der Waals surface area contributed by atoms with Gasteiger partial charge in [0.05, 0.1) is 18.8 Å². The number of epoxide rings is 1. The predicted molar refractivity (Wildman–Crippen MR) is 71.8 cm³/mol. The van der Waals surface area contributed by atoms with Crippen LogP contribution in [0.3, 0.4) is 0 Å². The molecule has 5 heteroatoms. The molecular formula is C14H26O5. The van der Waals surface area contributed by atoms with E-state index in [0.717, 1.165) is 6.42 Å². The Kier molecular flexibility index (Phi) is 6.42. The molecule has 19 heavy (non-hydrogen) atoms. The lowest BCUT2D eigenvalue weighted by Crippen LogP contribution is -2.39. The van der Waals surface area contributed by atoms with E-state index in [9.17, 15) is 10.2 Å². The molecule has 1 rings (SSSR count). The first-order valence-electron chi connectivity index (χ1n) is 6.83. The van der Waals surface area contributed by atoms with Crippen molar-refractivity contribution in [2.24, 2.45) is 0 Å². The highest BCUT2D eigenvalue weighted by molar-refractivity contribution is 5.10. The largest absolute Gasteiger partial charge is 0.392 e. The fourth-order valence-electron chi connectivity index (χ4n) is 2.38. The maximum absolute atomic E-state index is 10.1. The number of ether oxygens (including phenoxy) is 2. The Hall–Kier alpha value is -0.460. The Morgan fingerprint density at radius 3 is 2.58 bits per heavy atom. The first-order valence-corrected chi connectivity index (χ1v) is 6.83. The number of aliphatic hydroxyl groups excluding tert-OH is 3. The van der Waals surface area contributed by atoms with Crippen molar-refractivity contribution in [1.82, 2.24) is 0 Å². The first-order chi connectivity index (χ1) is 9.01. The quantitative estimate of drug-likeness (QED) is 0.424. The smallest absolute Gasteiger partial charge is 0.121 e. The molecule has 5 atom stereocenters. The van der Waals surface area contributed by atoms with Crippen molar-refractivity contribution < 1.29 is 24.8 Å². The van der Waals surface area contributed by atoms with Gasteiger partial charge in [0, 0.05) is 7.11 Å². The van der Waals surface area contributed by atoms with Gasteiger partial charge in [0.25, 0.3) is 0 Å². The Morgan fingerprint density at radius 1 is 1.37 bits per heavy atom. The molecule has 0 bridgehead atoms. The van der Waals surface area contributed by atoms with E-state index >= 15 is 0 Å². The minimum absolute atomic E-state index is 0.0381. The van der Waals surface area contributed by atoms with E-state index in [4.69, 9.17) is 14.6 Å². The fourth-order valence-corrected chi connectivity index (χ4v) is 2.38. The number of hydrogen-bond donors (Lipinski definition) is 3. The van der Waals surface area contributed by atoms with Gasteiger partial charge < -0.3 is 24.8 Å². The van der Waals surface area contributed by atoms with Gasteiger partial charge in [0.15, 0.2) is 0 Å². The zero-order chi connectivity index (χ0) is 14.5. The lowest BCUT2D eigenvalue weighted by atomic mass is 9.92. The van der Waals surface area contributed by atoms with E-state index in [1.54, 1.807) is 19.3 Å². The molecule has 0 radical (unpaired) electrons. The molecule has 0 unspecified atom stereocenters. The normalized spacial score (nSPS) is 31.4. The molecule has 0 aromatic heterocycles. The lowest BCUT2D eigenvalue weighted by Gasteiger charge is -2.22. The zero-order valence-electron chi connectivity index (χ0n) is 12.0. The second-order valence-electron chi connectivity index (χ2n) is 5.18. The van der Waals surface area contributed by atoms with Crippen molar-refractivity contribution in [3.63, 3.8) is 0 Å². The van der Waals surface area contributed by atoms with Crippen LogP contribution < -0.4 is 0 Å². The standard InChI is InChI=1S/C14H26O5/c1-4-7-10(16)12(18-3)13-14(2,19-13)11(17)8-5-6-9-15/h5-6,10-13,15-17H,4,7-9H2,1-3H3/b6-5+/t10-,11-,12+,13-,14-/m0/s1. The molecule has 1 aliphatic rings. The monoisotopic (exact) mass is 274 g/mol. The summed E-state index contributed by atoms with van der Waals surface area (Å²) in [5.41, 5.74) is -0.685. The van der Waals surface area contributed by atoms with Crippen LogP contribution in [0.2, 0.25) is 0 Å². The second kappa shape index (κ2) is 7.36. The Labute approximate surface area is 114 Å². The van der Waals surface area contributed by atoms with E-state index in [-0.39, 0.29) is 12.7 Å². The van der Waals surface area contributed by atoms with E-state index < -0.39 is 23.9 Å². The minimum Gasteiger partial charge on any atom is -0.392 e. The third kappa shape index (κ3) is 4.00. The van der Waals surface area contributed by atoms with Gasteiger partial charge in [-0.1, -0.05) is 25.5 Å². The van der Waals surface area contributed by atoms with Crippen molar-refractivity contribution in [3.8, 4) is 0 Å². The highest BCUT2D eigenvalue weighted by Gasteiger charge is 2.61. The van der Waals surface area contributed by atoms with Crippen LogP contribution in [0.1, 0.15) is 33.1 Å². The van der Waals surface area contributed by atoms with E-state index in [0.29, 0.717) is 12.8 Å². The predicted octanol–water partition coefficient (Wildman–Crippen LogP) is 0.619. The summed E-state index contributed by atoms with van der Waals surface area (Å²) in [6.07, 6.45) is 3.27. The topological polar surface area (TPSA) is 82.5 Å². The fraction of sp³-hybridized carbons (Fsp3) is 0.857. The molecule has 0 amide bonds. The summed E-state index contributed by atoms with van der Waals surface area (Å²) in [7, 11) is 1.55. The summed E-state index contributed by atoms with van der Waals surface area (Å²) in [6, 6.07) is 0. The maximum atomic E-state index is 10.1. The van der Waals surface area contributed by atoms with Gasteiger partial charge in [-0.25, -0.2) is 0 Å². The summed E-state index contributed by atoms with van der Waals surface area (Å²) in [5.74, 6) is 0. The summed E-state index contributed by atoms with van der Waals surface area (Å²) >= 11 is 0. The average molecular weight is 274 g/mol. The van der Waals surface area contributed by atoms with Gasteiger partial charge >= 0.3 is 0 Å². The SMILES string of the molecule is CCC[C@H](O)[C@@H](OC)[C@@H]1O[C@@]1(C)[C@@H](O)C/C=C/CO. The lowest BCUT2D eigenvalue weighted by molar-refractivity contribution is -0.0306. The highest BCUT2D eigenvalue weighted by Crippen LogP contribution is 2.44. The zero-order valence-corrected chi connectivity index (χ0v) is 12.0. The third-order valence-corrected chi connectivity index (χ3v) is 3.72. The van der Waals surface area contributed by atoms with Crippen LogP contribution in [0, 0.1) is 0 Å². The van der Waals surface area contributed by atoms with Gasteiger partial charge in [-0.2, -0.15) is 0 Å². The van der Waals surface area contributed by atoms with Crippen LogP contribution in [-0.2, 0) is 9.47 Å². The Morgan fingerprint density at radius 2 is 2.05 bits per heavy atom. The summed E-state index contributed by atoms with van der Waals surface area (Å²) in [4.78, 5) is 0. The van der Waals surface area contributed by atoms with Crippen molar-refractivity contribution in [3.05, 3.63) is 12.2 Å². The molecule has 1 saturated heterocycles. The van der Waals surface area contributed by atoms with E-state index in [2.05, 4.69) is 0 Å². The molecule has 1 heterocycles. The van der Waals surface area contributed by atoms with Crippen LogP contribution in [0.15, 0.2) is 12.2 Å². The van der Waals surface area contributed by atoms with E-state index in [1.807, 2.05) is 13.8 Å².